The predicted molar refractivity (Wildman–Crippen MR) is 480 cm³/mol. The second-order valence-electron chi connectivity index (χ2n) is 35.0. The molecule has 0 bridgehead atoms. The fourth-order valence-electron chi connectivity index (χ4n) is 18.9. The standard InChI is InChI=1S/2C25H27N3O5.2C24H27N3O4/c2*1-16(29)28-10-8-27(9-11-28)12-13-32-19-4-6-20-17(14-19)2-7-23-24(20)25(26-33-23)21-5-3-18(30)15-22(21)31;2*1-26-8-10-27(11-9-26)12-13-30-18-4-6-19-16(14-18)2-7-22-23(19)24(25-31-22)20-5-3-17(28)15-21(20)29/h2*2,4,6-7,14,21H,3,5,8-13,15H2,1H3;2*2,4,6-7,14,20H,3,5,8-13,15H2,1H3/t2*21-;2*20-/m1010/s1. The van der Waals surface area contributed by atoms with Crippen molar-refractivity contribution in [3.63, 3.8) is 0 Å². The maximum atomic E-state index is 12.5. The fraction of sp³-hybridized carbons (Fsp3) is 0.449. The third kappa shape index (κ3) is 20.2. The molecule has 4 aromatic heterocycles. The largest absolute Gasteiger partial charge is 0.492 e. The van der Waals surface area contributed by atoms with Crippen LogP contribution in [0.25, 0.3) is 87.0 Å². The van der Waals surface area contributed by atoms with Gasteiger partial charge in [0.05, 0.1) is 70.9 Å². The van der Waals surface area contributed by atoms with Gasteiger partial charge in [-0.2, -0.15) is 0 Å². The van der Waals surface area contributed by atoms with E-state index in [0.717, 1.165) is 219 Å². The van der Waals surface area contributed by atoms with Gasteiger partial charge in [-0.25, -0.2) is 0 Å². The molecule has 4 aliphatic heterocycles. The molecule has 20 rings (SSSR count). The summed E-state index contributed by atoms with van der Waals surface area (Å²) in [6, 6.07) is 39.3. The highest BCUT2D eigenvalue weighted by Gasteiger charge is 2.38. The number of benzene rings is 8. The Balaban J connectivity index is 0.000000120. The van der Waals surface area contributed by atoms with E-state index in [2.05, 4.69) is 64.1 Å². The van der Waals surface area contributed by atoms with E-state index >= 15 is 0 Å². The van der Waals surface area contributed by atoms with Gasteiger partial charge in [0.25, 0.3) is 0 Å². The van der Waals surface area contributed by atoms with E-state index < -0.39 is 11.8 Å². The number of carbonyl (C=O) groups is 10. The van der Waals surface area contributed by atoms with Crippen LogP contribution in [0, 0.1) is 0 Å². The second-order valence-corrected chi connectivity index (χ2v) is 35.0. The van der Waals surface area contributed by atoms with Crippen LogP contribution in [0.4, 0.5) is 0 Å². The average molecular weight is 1740 g/mol. The number of amides is 2. The molecule has 4 aliphatic carbocycles. The van der Waals surface area contributed by atoms with Gasteiger partial charge in [-0.1, -0.05) is 44.9 Å². The summed E-state index contributed by atoms with van der Waals surface area (Å²) in [7, 11) is 4.31. The highest BCUT2D eigenvalue weighted by atomic mass is 16.5. The van der Waals surface area contributed by atoms with Crippen LogP contribution >= 0.6 is 0 Å². The Morgan fingerprint density at radius 2 is 0.539 bits per heavy atom. The molecule has 668 valence electrons. The van der Waals surface area contributed by atoms with E-state index in [4.69, 9.17) is 37.0 Å². The highest BCUT2D eigenvalue weighted by Crippen LogP contribution is 2.43. The number of hydrogen-bond acceptors (Lipinski definition) is 28. The van der Waals surface area contributed by atoms with Gasteiger partial charge >= 0.3 is 0 Å². The Kier molecular flexibility index (Phi) is 27.3. The Hall–Kier alpha value is -12.1. The summed E-state index contributed by atoms with van der Waals surface area (Å²) < 4.78 is 46.2. The molecule has 8 heterocycles. The Morgan fingerprint density at radius 1 is 0.312 bits per heavy atom. The van der Waals surface area contributed by atoms with E-state index in [0.29, 0.717) is 123 Å². The van der Waals surface area contributed by atoms with Gasteiger partial charge in [0.15, 0.2) is 22.3 Å². The summed E-state index contributed by atoms with van der Waals surface area (Å²) in [5, 5.41) is 28.2. The lowest BCUT2D eigenvalue weighted by Crippen LogP contribution is -2.48. The minimum Gasteiger partial charge on any atom is -0.492 e. The molecule has 2 amide bonds. The van der Waals surface area contributed by atoms with E-state index in [9.17, 15) is 47.9 Å². The van der Waals surface area contributed by atoms with Crippen LogP contribution in [0.3, 0.4) is 0 Å². The van der Waals surface area contributed by atoms with E-state index in [1.54, 1.807) is 13.8 Å². The predicted octanol–water partition coefficient (Wildman–Crippen LogP) is 11.9. The summed E-state index contributed by atoms with van der Waals surface area (Å²) >= 11 is 0. The third-order valence-electron chi connectivity index (χ3n) is 26.5. The first-order valence-electron chi connectivity index (χ1n) is 44.9. The van der Waals surface area contributed by atoms with E-state index in [-0.39, 0.29) is 95.6 Å². The molecule has 4 saturated heterocycles. The minimum absolute atomic E-state index is 0.00330. The van der Waals surface area contributed by atoms with Crippen molar-refractivity contribution in [2.24, 2.45) is 0 Å². The van der Waals surface area contributed by atoms with Crippen molar-refractivity contribution in [3.05, 3.63) is 144 Å². The maximum absolute atomic E-state index is 12.5. The van der Waals surface area contributed by atoms with Gasteiger partial charge in [0.1, 0.15) is 118 Å². The van der Waals surface area contributed by atoms with Gasteiger partial charge in [-0.15, -0.1) is 0 Å². The average Bonchev–Trinajstić information content (AvgIpc) is 1.60. The number of nitrogens with zero attached hydrogens (tertiary/aromatic N) is 12. The normalized spacial score (nSPS) is 20.6. The zero-order chi connectivity index (χ0) is 88.6. The Bertz CT molecular complexity index is 5830. The number of piperazine rings is 4. The molecule has 0 spiro atoms. The summed E-state index contributed by atoms with van der Waals surface area (Å²) in [5.41, 5.74) is 5.18. The van der Waals surface area contributed by atoms with Crippen molar-refractivity contribution in [2.75, 3.05) is 171 Å². The molecule has 8 aliphatic rings. The van der Waals surface area contributed by atoms with Gasteiger partial charge in [0.2, 0.25) is 11.8 Å². The molecule has 8 aromatic carbocycles. The van der Waals surface area contributed by atoms with Crippen LogP contribution in [-0.4, -0.2) is 289 Å². The first-order valence-corrected chi connectivity index (χ1v) is 44.9. The second kappa shape index (κ2) is 39.7. The van der Waals surface area contributed by atoms with Crippen LogP contribution in [-0.2, 0) is 47.9 Å². The number of carbonyl (C=O) groups excluding carboxylic acids is 10. The lowest BCUT2D eigenvalue weighted by Gasteiger charge is -2.34. The molecule has 0 radical (unpaired) electrons. The lowest BCUT2D eigenvalue weighted by atomic mass is 9.83. The number of ketones is 8. The van der Waals surface area contributed by atoms with Crippen molar-refractivity contribution >= 4 is 145 Å². The minimum atomic E-state index is -0.394. The van der Waals surface area contributed by atoms with Crippen molar-refractivity contribution < 1.29 is 85.0 Å². The summed E-state index contributed by atoms with van der Waals surface area (Å²) in [6.45, 7) is 24.4. The molecule has 30 nitrogen and oxygen atoms in total. The molecular weight excluding hydrogens is 1630 g/mol. The number of fused-ring (bicyclic) bond motifs is 12. The zero-order valence-corrected chi connectivity index (χ0v) is 73.0. The van der Waals surface area contributed by atoms with E-state index in [1.165, 1.54) is 0 Å². The number of aromatic nitrogens is 4. The molecule has 0 N–H and O–H groups in total. The maximum Gasteiger partial charge on any atom is 0.219 e. The zero-order valence-electron chi connectivity index (χ0n) is 73.0. The smallest absolute Gasteiger partial charge is 0.219 e. The Labute approximate surface area is 739 Å². The van der Waals surface area contributed by atoms with Gasteiger partial charge in [-0.3, -0.25) is 67.5 Å². The molecule has 12 aromatic rings. The molecule has 30 heteroatoms. The van der Waals surface area contributed by atoms with Gasteiger partial charge in [0, 0.05) is 170 Å². The summed E-state index contributed by atoms with van der Waals surface area (Å²) in [4.78, 5) is 137. The van der Waals surface area contributed by atoms with Crippen molar-refractivity contribution in [1.82, 2.24) is 59.8 Å². The quantitative estimate of drug-likeness (QED) is 0.0640. The lowest BCUT2D eigenvalue weighted by molar-refractivity contribution is -0.132. The van der Waals surface area contributed by atoms with Crippen LogP contribution in [0.2, 0.25) is 0 Å². The van der Waals surface area contributed by atoms with Gasteiger partial charge in [-0.05, 0) is 180 Å². The summed E-state index contributed by atoms with van der Waals surface area (Å²) in [5.74, 6) is 1.69. The van der Waals surface area contributed by atoms with Crippen LogP contribution in [0.1, 0.15) is 137 Å². The van der Waals surface area contributed by atoms with Crippen LogP contribution in [0.5, 0.6) is 23.0 Å². The molecule has 4 atom stereocenters. The van der Waals surface area contributed by atoms with Crippen molar-refractivity contribution in [3.8, 4) is 23.0 Å². The SMILES string of the molecule is CC(=O)N1CCN(CCOc2ccc3c(ccc4onc([C@@H]5CCC(=O)CC5=O)c43)c2)CC1.CC(=O)N1CCN(CCOc2ccc3c(ccc4onc([C@H]5CCC(=O)CC5=O)c43)c2)CC1.CN1CCN(CCOc2ccc3c(ccc4onc([C@@H]5CCC(=O)CC5=O)c43)c2)CC1.CN1CCN(CCOc2ccc3c(ccc4onc([C@H]5CCC(=O)CC5=O)c43)c2)CC1. The number of Topliss-reactive ketones (excluding diaryl/α,β-unsaturated/α-hetero) is 8. The fourth-order valence-corrected chi connectivity index (χ4v) is 18.9. The molecule has 128 heavy (non-hydrogen) atoms. The topological polar surface area (TPSA) is 338 Å². The first kappa shape index (κ1) is 88.0. The summed E-state index contributed by atoms with van der Waals surface area (Å²) in [6.07, 6.45) is 3.55. The molecular formula is C98H108N12O18. The monoisotopic (exact) mass is 1740 g/mol. The Morgan fingerprint density at radius 3 is 0.758 bits per heavy atom. The molecule has 4 saturated carbocycles. The third-order valence-corrected chi connectivity index (χ3v) is 26.5. The molecule has 0 unspecified atom stereocenters. The highest BCUT2D eigenvalue weighted by molar-refractivity contribution is 6.15. The number of likely N-dealkylation sites (N-methyl/N-ethyl adjacent to an activating group) is 2. The van der Waals surface area contributed by atoms with Crippen LogP contribution in [0.15, 0.2) is 139 Å². The van der Waals surface area contributed by atoms with Gasteiger partial charge < -0.3 is 56.6 Å². The number of rotatable bonds is 20. The molecule has 8 fully saturated rings. The first-order chi connectivity index (χ1) is 62.1. The number of ether oxygens (including phenoxy) is 4. The van der Waals surface area contributed by atoms with Crippen molar-refractivity contribution in [2.45, 2.75) is 115 Å². The van der Waals surface area contributed by atoms with Crippen LogP contribution < -0.4 is 18.9 Å². The van der Waals surface area contributed by atoms with E-state index in [1.807, 2.05) is 131 Å². The number of hydrogen-bond donors (Lipinski definition) is 0. The van der Waals surface area contributed by atoms with Crippen molar-refractivity contribution in [1.29, 1.82) is 0 Å².